The van der Waals surface area contributed by atoms with Gasteiger partial charge >= 0.3 is 0 Å². The van der Waals surface area contributed by atoms with E-state index in [2.05, 4.69) is 20.5 Å². The highest BCUT2D eigenvalue weighted by atomic mass is 16.5. The van der Waals surface area contributed by atoms with Crippen LogP contribution in [-0.4, -0.2) is 34.9 Å². The average molecular weight is 196 g/mol. The van der Waals surface area contributed by atoms with Crippen LogP contribution in [0, 0.1) is 5.92 Å². The van der Waals surface area contributed by atoms with Crippen molar-refractivity contribution in [2.24, 2.45) is 5.92 Å². The fourth-order valence-electron chi connectivity index (χ4n) is 1.58. The van der Waals surface area contributed by atoms with E-state index < -0.39 is 0 Å². The van der Waals surface area contributed by atoms with Gasteiger partial charge in [0.25, 0.3) is 0 Å². The molecule has 0 aromatic carbocycles. The average Bonchev–Trinajstić information content (AvgIpc) is 2.90. The van der Waals surface area contributed by atoms with Crippen LogP contribution in [0.25, 0.3) is 0 Å². The molecule has 1 aromatic rings. The van der Waals surface area contributed by atoms with E-state index in [9.17, 15) is 0 Å². The van der Waals surface area contributed by atoms with Crippen molar-refractivity contribution < 1.29 is 4.74 Å². The summed E-state index contributed by atoms with van der Waals surface area (Å²) in [6, 6.07) is 0.463. The second-order valence-electron chi connectivity index (χ2n) is 3.71. The van der Waals surface area contributed by atoms with Gasteiger partial charge in [-0.05, 0) is 18.8 Å². The summed E-state index contributed by atoms with van der Waals surface area (Å²) in [5.74, 6) is 1.67. The Labute approximate surface area is 83.3 Å². The molecule has 0 saturated heterocycles. The molecule has 2 N–H and O–H groups in total. The fraction of sp³-hybridized carbons (Fsp3) is 0.778. The molecule has 1 aliphatic carbocycles. The highest BCUT2D eigenvalue weighted by molar-refractivity contribution is 4.88. The number of nitrogens with zero attached hydrogens (tertiary/aromatic N) is 2. The molecule has 1 saturated carbocycles. The predicted octanol–water partition coefficient (Wildman–Crippen LogP) is 0.319. The Morgan fingerprint density at radius 3 is 3.14 bits per heavy atom. The van der Waals surface area contributed by atoms with E-state index >= 15 is 0 Å². The minimum Gasteiger partial charge on any atom is -0.383 e. The van der Waals surface area contributed by atoms with Gasteiger partial charge in [-0.25, -0.2) is 4.98 Å². The number of aromatic nitrogens is 3. The lowest BCUT2D eigenvalue weighted by atomic mass is 10.2. The second-order valence-corrected chi connectivity index (χ2v) is 3.71. The monoisotopic (exact) mass is 196 g/mol. The zero-order chi connectivity index (χ0) is 9.80. The van der Waals surface area contributed by atoms with Crippen LogP contribution >= 0.6 is 0 Å². The van der Waals surface area contributed by atoms with Crippen LogP contribution in [0.1, 0.15) is 18.7 Å². The van der Waals surface area contributed by atoms with E-state index in [-0.39, 0.29) is 0 Å². The molecule has 0 amide bonds. The summed E-state index contributed by atoms with van der Waals surface area (Å²) in [6.07, 6.45) is 4.16. The van der Waals surface area contributed by atoms with Crippen molar-refractivity contribution in [3.05, 3.63) is 12.2 Å². The van der Waals surface area contributed by atoms with Crippen molar-refractivity contribution >= 4 is 0 Å². The van der Waals surface area contributed by atoms with Crippen LogP contribution in [0.2, 0.25) is 0 Å². The van der Waals surface area contributed by atoms with Gasteiger partial charge in [-0.2, -0.15) is 5.10 Å². The first-order valence-electron chi connectivity index (χ1n) is 4.96. The Bertz CT molecular complexity index is 258. The lowest BCUT2D eigenvalue weighted by Crippen LogP contribution is -2.34. The fourth-order valence-corrected chi connectivity index (χ4v) is 1.58. The van der Waals surface area contributed by atoms with Crippen molar-refractivity contribution in [2.75, 3.05) is 13.7 Å². The second kappa shape index (κ2) is 4.52. The van der Waals surface area contributed by atoms with E-state index in [1.165, 1.54) is 19.2 Å². The molecule has 1 heterocycles. The molecular formula is C9H16N4O. The molecule has 5 nitrogen and oxygen atoms in total. The molecule has 5 heteroatoms. The van der Waals surface area contributed by atoms with Crippen molar-refractivity contribution in [1.82, 2.24) is 20.5 Å². The predicted molar refractivity (Wildman–Crippen MR) is 51.6 cm³/mol. The molecule has 0 spiro atoms. The van der Waals surface area contributed by atoms with Crippen LogP contribution in [0.3, 0.4) is 0 Å². The van der Waals surface area contributed by atoms with Crippen LogP contribution in [0.15, 0.2) is 6.33 Å². The summed E-state index contributed by atoms with van der Waals surface area (Å²) in [5, 5.41) is 10.1. The zero-order valence-electron chi connectivity index (χ0n) is 8.36. The van der Waals surface area contributed by atoms with Crippen LogP contribution < -0.4 is 5.32 Å². The third kappa shape index (κ3) is 2.52. The quantitative estimate of drug-likeness (QED) is 0.687. The molecule has 14 heavy (non-hydrogen) atoms. The molecule has 0 radical (unpaired) electrons. The first-order valence-corrected chi connectivity index (χ1v) is 4.96. The number of aromatic amines is 1. The van der Waals surface area contributed by atoms with Gasteiger partial charge in [-0.1, -0.05) is 0 Å². The lowest BCUT2D eigenvalue weighted by molar-refractivity contribution is 0.156. The normalized spacial score (nSPS) is 18.4. The summed E-state index contributed by atoms with van der Waals surface area (Å²) in [4.78, 5) is 4.06. The van der Waals surface area contributed by atoms with Crippen LogP contribution in [0.5, 0.6) is 0 Å². The highest BCUT2D eigenvalue weighted by Gasteiger charge is 2.30. The molecule has 78 valence electrons. The van der Waals surface area contributed by atoms with Gasteiger partial charge in [0.05, 0.1) is 13.2 Å². The van der Waals surface area contributed by atoms with Crippen LogP contribution in [-0.2, 0) is 11.3 Å². The summed E-state index contributed by atoms with van der Waals surface area (Å²) in [7, 11) is 1.74. The first-order chi connectivity index (χ1) is 6.90. The van der Waals surface area contributed by atoms with Gasteiger partial charge in [0.15, 0.2) is 0 Å². The molecule has 1 aliphatic rings. The summed E-state index contributed by atoms with van der Waals surface area (Å²) in [5.41, 5.74) is 0. The van der Waals surface area contributed by atoms with E-state index in [0.717, 1.165) is 24.9 Å². The maximum absolute atomic E-state index is 5.17. The van der Waals surface area contributed by atoms with Gasteiger partial charge in [-0.15, -0.1) is 0 Å². The van der Waals surface area contributed by atoms with Gasteiger partial charge < -0.3 is 10.1 Å². The van der Waals surface area contributed by atoms with E-state index in [0.29, 0.717) is 6.04 Å². The summed E-state index contributed by atoms with van der Waals surface area (Å²) < 4.78 is 5.17. The number of hydrogen-bond donors (Lipinski definition) is 2. The van der Waals surface area contributed by atoms with Gasteiger partial charge in [0, 0.05) is 13.2 Å². The van der Waals surface area contributed by atoms with E-state index in [4.69, 9.17) is 4.74 Å². The van der Waals surface area contributed by atoms with Crippen molar-refractivity contribution in [2.45, 2.75) is 25.4 Å². The summed E-state index contributed by atoms with van der Waals surface area (Å²) >= 11 is 0. The molecular weight excluding hydrogens is 180 g/mol. The van der Waals surface area contributed by atoms with Gasteiger partial charge in [0.1, 0.15) is 12.2 Å². The number of methoxy groups -OCH3 is 1. The van der Waals surface area contributed by atoms with Crippen molar-refractivity contribution in [1.29, 1.82) is 0 Å². The Balaban J connectivity index is 1.76. The zero-order valence-corrected chi connectivity index (χ0v) is 8.36. The highest BCUT2D eigenvalue weighted by Crippen LogP contribution is 2.32. The minimum atomic E-state index is 0.463. The molecule has 1 aromatic heterocycles. The molecule has 1 unspecified atom stereocenters. The molecule has 2 rings (SSSR count). The van der Waals surface area contributed by atoms with Crippen LogP contribution in [0.4, 0.5) is 0 Å². The number of nitrogens with one attached hydrogen (secondary N) is 2. The number of rotatable bonds is 6. The Morgan fingerprint density at radius 2 is 2.57 bits per heavy atom. The number of hydrogen-bond acceptors (Lipinski definition) is 4. The first kappa shape index (κ1) is 9.61. The van der Waals surface area contributed by atoms with E-state index in [1.54, 1.807) is 7.11 Å². The molecule has 1 atom stereocenters. The van der Waals surface area contributed by atoms with E-state index in [1.807, 2.05) is 0 Å². The molecule has 0 aliphatic heterocycles. The molecule has 0 bridgehead atoms. The lowest BCUT2D eigenvalue weighted by Gasteiger charge is -2.15. The topological polar surface area (TPSA) is 62.8 Å². The largest absolute Gasteiger partial charge is 0.383 e. The smallest absolute Gasteiger partial charge is 0.138 e. The number of H-pyrrole nitrogens is 1. The Kier molecular flexibility index (Phi) is 3.10. The maximum Gasteiger partial charge on any atom is 0.138 e. The van der Waals surface area contributed by atoms with Gasteiger partial charge in [-0.3, -0.25) is 5.10 Å². The number of ether oxygens (including phenoxy) is 1. The summed E-state index contributed by atoms with van der Waals surface area (Å²) in [6.45, 7) is 1.52. The third-order valence-electron chi connectivity index (χ3n) is 2.53. The third-order valence-corrected chi connectivity index (χ3v) is 2.53. The Morgan fingerprint density at radius 1 is 1.71 bits per heavy atom. The van der Waals surface area contributed by atoms with Crippen molar-refractivity contribution in [3.8, 4) is 0 Å². The standard InChI is InChI=1S/C9H16N4O/c1-14-5-8(7-2-3-7)10-4-9-11-6-12-13-9/h6-8,10H,2-5H2,1H3,(H,11,12,13). The van der Waals surface area contributed by atoms with Gasteiger partial charge in [0.2, 0.25) is 0 Å². The SMILES string of the molecule is COCC(NCc1ncn[nH]1)C1CC1. The Hall–Kier alpha value is -0.940. The van der Waals surface area contributed by atoms with Crippen molar-refractivity contribution in [3.63, 3.8) is 0 Å². The minimum absolute atomic E-state index is 0.463. The maximum atomic E-state index is 5.17. The molecule has 1 fully saturated rings.